The minimum absolute atomic E-state index is 0.208. The first-order valence-electron chi connectivity index (χ1n) is 9.37. The molecule has 4 atom stereocenters. The molecule has 156 valence electrons. The van der Waals surface area contributed by atoms with Crippen molar-refractivity contribution in [3.05, 3.63) is 71.8 Å². The molecule has 1 amide bonds. The number of aliphatic carboxylic acids is 1. The summed E-state index contributed by atoms with van der Waals surface area (Å²) in [5.74, 6) is -3.65. The number of carboxylic acids is 1. The monoisotopic (exact) mass is 418 g/mol. The summed E-state index contributed by atoms with van der Waals surface area (Å²) >= 11 is 0. The number of nitrogens with one attached hydrogen (secondary N) is 1. The van der Waals surface area contributed by atoms with Gasteiger partial charge in [-0.2, -0.15) is 0 Å². The summed E-state index contributed by atoms with van der Waals surface area (Å²) in [5, 5.41) is 11.4. The molecular formula is C21H27N2O5P. The summed E-state index contributed by atoms with van der Waals surface area (Å²) < 4.78 is 13.0. The van der Waals surface area contributed by atoms with Crippen molar-refractivity contribution in [3.63, 3.8) is 0 Å². The lowest BCUT2D eigenvalue weighted by molar-refractivity contribution is -0.141. The first-order chi connectivity index (χ1) is 13.7. The molecule has 0 aromatic heterocycles. The predicted octanol–water partition coefficient (Wildman–Crippen LogP) is 2.23. The summed E-state index contributed by atoms with van der Waals surface area (Å²) in [7, 11) is -3.89. The maximum Gasteiger partial charge on any atom is 0.325 e. The fraction of sp³-hybridized carbons (Fsp3) is 0.333. The van der Waals surface area contributed by atoms with Gasteiger partial charge in [0, 0.05) is 6.16 Å². The van der Waals surface area contributed by atoms with E-state index in [2.05, 4.69) is 5.32 Å². The Morgan fingerprint density at radius 1 is 1.00 bits per heavy atom. The quantitative estimate of drug-likeness (QED) is 0.438. The van der Waals surface area contributed by atoms with Crippen LogP contribution in [-0.4, -0.2) is 39.9 Å². The topological polar surface area (TPSA) is 130 Å². The first kappa shape index (κ1) is 22.8. The Hall–Kier alpha value is -2.47. The predicted molar refractivity (Wildman–Crippen MR) is 112 cm³/mol. The second-order valence-electron chi connectivity index (χ2n) is 7.15. The van der Waals surface area contributed by atoms with Gasteiger partial charge in [0.25, 0.3) is 0 Å². The van der Waals surface area contributed by atoms with Crippen molar-refractivity contribution in [2.24, 2.45) is 11.7 Å². The molecule has 0 radical (unpaired) electrons. The Morgan fingerprint density at radius 2 is 1.48 bits per heavy atom. The van der Waals surface area contributed by atoms with E-state index in [9.17, 15) is 19.0 Å². The van der Waals surface area contributed by atoms with Crippen LogP contribution in [0.4, 0.5) is 0 Å². The van der Waals surface area contributed by atoms with E-state index in [1.807, 2.05) is 60.7 Å². The number of rotatable bonds is 10. The molecule has 1 unspecified atom stereocenters. The van der Waals surface area contributed by atoms with Gasteiger partial charge in [0.05, 0.1) is 11.7 Å². The van der Waals surface area contributed by atoms with Gasteiger partial charge in [0.15, 0.2) is 0 Å². The maximum absolute atomic E-state index is 13.0. The highest BCUT2D eigenvalue weighted by Crippen LogP contribution is 2.47. The lowest BCUT2D eigenvalue weighted by Crippen LogP contribution is -2.43. The van der Waals surface area contributed by atoms with Gasteiger partial charge < -0.3 is 21.1 Å². The maximum atomic E-state index is 13.0. The van der Waals surface area contributed by atoms with Crippen LogP contribution in [0, 0.1) is 5.92 Å². The fourth-order valence-electron chi connectivity index (χ4n) is 2.98. The molecule has 0 aliphatic carbocycles. The summed E-state index contributed by atoms with van der Waals surface area (Å²) in [6.45, 7) is 1.35. The SMILES string of the molecule is C[C@H](NC(=O)[C@H](Cc1ccccc1)CP(=O)(O)[C@@H](N)Cc1ccccc1)C(=O)O. The smallest absolute Gasteiger partial charge is 0.325 e. The van der Waals surface area contributed by atoms with Crippen molar-refractivity contribution in [2.75, 3.05) is 6.16 Å². The summed E-state index contributed by atoms with van der Waals surface area (Å²) in [6.07, 6.45) is 0.0928. The molecule has 8 heteroatoms. The van der Waals surface area contributed by atoms with E-state index in [1.165, 1.54) is 6.92 Å². The van der Waals surface area contributed by atoms with Gasteiger partial charge in [-0.25, -0.2) is 0 Å². The minimum Gasteiger partial charge on any atom is -0.480 e. The molecule has 0 saturated heterocycles. The van der Waals surface area contributed by atoms with Crippen molar-refractivity contribution >= 4 is 19.2 Å². The van der Waals surface area contributed by atoms with Crippen LogP contribution in [0.5, 0.6) is 0 Å². The highest BCUT2D eigenvalue weighted by molar-refractivity contribution is 7.58. The van der Waals surface area contributed by atoms with Crippen LogP contribution in [0.25, 0.3) is 0 Å². The second-order valence-corrected chi connectivity index (χ2v) is 9.69. The van der Waals surface area contributed by atoms with Gasteiger partial charge in [-0.15, -0.1) is 0 Å². The number of benzene rings is 2. The van der Waals surface area contributed by atoms with Gasteiger partial charge in [0.2, 0.25) is 13.3 Å². The van der Waals surface area contributed by atoms with Gasteiger partial charge in [-0.3, -0.25) is 14.2 Å². The Morgan fingerprint density at radius 3 is 1.97 bits per heavy atom. The molecule has 0 fully saturated rings. The molecule has 0 bridgehead atoms. The van der Waals surface area contributed by atoms with E-state index in [4.69, 9.17) is 10.8 Å². The lowest BCUT2D eigenvalue weighted by atomic mass is 10.00. The molecule has 0 aliphatic rings. The van der Waals surface area contributed by atoms with Crippen LogP contribution in [0.1, 0.15) is 18.1 Å². The van der Waals surface area contributed by atoms with E-state index in [0.29, 0.717) is 0 Å². The number of amides is 1. The van der Waals surface area contributed by atoms with Crippen LogP contribution in [0.3, 0.4) is 0 Å². The number of carboxylic acid groups (broad SMARTS) is 1. The largest absolute Gasteiger partial charge is 0.480 e. The van der Waals surface area contributed by atoms with Gasteiger partial charge >= 0.3 is 5.97 Å². The third kappa shape index (κ3) is 7.13. The van der Waals surface area contributed by atoms with Crippen LogP contribution in [0.15, 0.2) is 60.7 Å². The lowest BCUT2D eigenvalue weighted by Gasteiger charge is -2.25. The fourth-order valence-corrected chi connectivity index (χ4v) is 4.67. The normalized spacial score (nSPS) is 16.2. The zero-order valence-electron chi connectivity index (χ0n) is 16.3. The van der Waals surface area contributed by atoms with Crippen molar-refractivity contribution < 1.29 is 24.2 Å². The summed E-state index contributed by atoms with van der Waals surface area (Å²) in [6, 6.07) is 17.1. The molecular weight excluding hydrogens is 391 g/mol. The average molecular weight is 418 g/mol. The molecule has 0 aliphatic heterocycles. The molecule has 2 rings (SSSR count). The molecule has 7 nitrogen and oxygen atoms in total. The summed E-state index contributed by atoms with van der Waals surface area (Å²) in [5.41, 5.74) is 7.68. The third-order valence-corrected chi connectivity index (χ3v) is 6.90. The molecule has 29 heavy (non-hydrogen) atoms. The number of carbonyl (C=O) groups excluding carboxylic acids is 1. The molecule has 0 saturated carbocycles. The number of hydrogen-bond donors (Lipinski definition) is 4. The van der Waals surface area contributed by atoms with Crippen molar-refractivity contribution in [1.29, 1.82) is 0 Å². The van der Waals surface area contributed by atoms with Gasteiger partial charge in [-0.1, -0.05) is 60.7 Å². The first-order valence-corrected chi connectivity index (χ1v) is 11.3. The Kier molecular flexibility index (Phi) is 8.14. The highest BCUT2D eigenvalue weighted by atomic mass is 31.2. The van der Waals surface area contributed by atoms with Crippen molar-refractivity contribution in [1.82, 2.24) is 5.32 Å². The second kappa shape index (κ2) is 10.3. The van der Waals surface area contributed by atoms with E-state index in [0.717, 1.165) is 11.1 Å². The van der Waals surface area contributed by atoms with E-state index >= 15 is 0 Å². The molecule has 2 aromatic carbocycles. The molecule has 0 heterocycles. The van der Waals surface area contributed by atoms with E-state index < -0.39 is 37.0 Å². The third-order valence-electron chi connectivity index (χ3n) is 4.71. The molecule has 2 aromatic rings. The zero-order chi connectivity index (χ0) is 21.4. The Labute approximate surface area is 170 Å². The molecule has 5 N–H and O–H groups in total. The number of hydrogen-bond acceptors (Lipinski definition) is 4. The number of carbonyl (C=O) groups is 2. The zero-order valence-corrected chi connectivity index (χ0v) is 17.2. The van der Waals surface area contributed by atoms with Crippen LogP contribution >= 0.6 is 7.37 Å². The Bertz CT molecular complexity index is 860. The van der Waals surface area contributed by atoms with Crippen LogP contribution in [0.2, 0.25) is 0 Å². The van der Waals surface area contributed by atoms with Crippen LogP contribution in [-0.2, 0) is 27.0 Å². The average Bonchev–Trinajstić information content (AvgIpc) is 2.68. The van der Waals surface area contributed by atoms with E-state index in [-0.39, 0.29) is 19.0 Å². The standard InChI is InChI=1S/C21H27N2O5P/c1-15(21(25)26)23-20(24)18(12-16-8-4-2-5-9-16)14-29(27,28)19(22)13-17-10-6-3-7-11-17/h2-11,15,18-19H,12-14,22H2,1H3,(H,23,24)(H,25,26)(H,27,28)/t15-,18+,19+/m0/s1. The number of nitrogens with two attached hydrogens (primary N) is 1. The van der Waals surface area contributed by atoms with Crippen molar-refractivity contribution in [3.8, 4) is 0 Å². The Balaban J connectivity index is 2.16. The van der Waals surface area contributed by atoms with E-state index in [1.54, 1.807) is 0 Å². The van der Waals surface area contributed by atoms with Gasteiger partial charge in [-0.05, 0) is 30.9 Å². The minimum atomic E-state index is -3.89. The van der Waals surface area contributed by atoms with Crippen LogP contribution < -0.4 is 11.1 Å². The molecule has 0 spiro atoms. The van der Waals surface area contributed by atoms with Crippen molar-refractivity contribution in [2.45, 2.75) is 31.6 Å². The highest BCUT2D eigenvalue weighted by Gasteiger charge is 2.35. The summed E-state index contributed by atoms with van der Waals surface area (Å²) in [4.78, 5) is 34.4. The van der Waals surface area contributed by atoms with Gasteiger partial charge in [0.1, 0.15) is 6.04 Å².